The maximum Gasteiger partial charge on any atom is 0.254 e. The summed E-state index contributed by atoms with van der Waals surface area (Å²) in [6.45, 7) is 1.93. The smallest absolute Gasteiger partial charge is 0.254 e. The average molecular weight is 300 g/mol. The van der Waals surface area contributed by atoms with E-state index < -0.39 is 0 Å². The highest BCUT2D eigenvalue weighted by Gasteiger charge is 2.30. The molecular formula is C15H19Cl2NO. The summed E-state index contributed by atoms with van der Waals surface area (Å²) in [5, 5.41) is 0.649. The van der Waals surface area contributed by atoms with E-state index in [1.165, 1.54) is 0 Å². The van der Waals surface area contributed by atoms with E-state index in [9.17, 15) is 4.79 Å². The van der Waals surface area contributed by atoms with Crippen LogP contribution in [0.4, 0.5) is 0 Å². The average Bonchev–Trinajstić information content (AvgIpc) is 2.40. The number of carbonyl (C=O) groups excluding carboxylic acids is 1. The molecule has 2 rings (SSSR count). The van der Waals surface area contributed by atoms with Gasteiger partial charge < -0.3 is 4.90 Å². The minimum Gasteiger partial charge on any atom is -0.337 e. The van der Waals surface area contributed by atoms with Crippen molar-refractivity contribution in [3.63, 3.8) is 0 Å². The van der Waals surface area contributed by atoms with Gasteiger partial charge in [-0.3, -0.25) is 4.79 Å². The fraction of sp³-hybridized carbons (Fsp3) is 0.533. The second-order valence-electron chi connectivity index (χ2n) is 5.24. The van der Waals surface area contributed by atoms with Gasteiger partial charge in [-0.15, -0.1) is 11.6 Å². The predicted octanol–water partition coefficient (Wildman–Crippen LogP) is 4.27. The molecule has 1 aromatic rings. The van der Waals surface area contributed by atoms with Gasteiger partial charge in [0.05, 0.1) is 5.38 Å². The van der Waals surface area contributed by atoms with E-state index in [0.717, 1.165) is 31.2 Å². The minimum absolute atomic E-state index is 0.0116. The van der Waals surface area contributed by atoms with Crippen molar-refractivity contribution in [2.45, 2.75) is 44.0 Å². The number of alkyl halides is 1. The van der Waals surface area contributed by atoms with Crippen LogP contribution in [0.1, 0.15) is 41.6 Å². The summed E-state index contributed by atoms with van der Waals surface area (Å²) < 4.78 is 0. The van der Waals surface area contributed by atoms with E-state index in [2.05, 4.69) is 0 Å². The highest BCUT2D eigenvalue weighted by molar-refractivity contribution is 6.31. The maximum absolute atomic E-state index is 12.6. The summed E-state index contributed by atoms with van der Waals surface area (Å²) in [5.41, 5.74) is 1.62. The molecule has 1 amide bonds. The van der Waals surface area contributed by atoms with Crippen LogP contribution < -0.4 is 0 Å². The molecule has 4 heteroatoms. The van der Waals surface area contributed by atoms with E-state index in [1.54, 1.807) is 17.0 Å². The predicted molar refractivity (Wildman–Crippen MR) is 80.2 cm³/mol. The van der Waals surface area contributed by atoms with Gasteiger partial charge in [0.15, 0.2) is 0 Å². The van der Waals surface area contributed by atoms with Crippen LogP contribution in [0.5, 0.6) is 0 Å². The fourth-order valence-electron chi connectivity index (χ4n) is 2.67. The summed E-state index contributed by atoms with van der Waals surface area (Å²) in [6.07, 6.45) is 4.26. The van der Waals surface area contributed by atoms with Crippen molar-refractivity contribution in [3.05, 3.63) is 34.3 Å². The van der Waals surface area contributed by atoms with Crippen molar-refractivity contribution in [2.75, 3.05) is 7.05 Å². The van der Waals surface area contributed by atoms with Crippen LogP contribution in [0.15, 0.2) is 18.2 Å². The number of hydrogen-bond donors (Lipinski definition) is 0. The first-order valence-electron chi connectivity index (χ1n) is 6.68. The van der Waals surface area contributed by atoms with E-state index in [-0.39, 0.29) is 17.3 Å². The Morgan fingerprint density at radius 3 is 2.68 bits per heavy atom. The van der Waals surface area contributed by atoms with Gasteiger partial charge in [0.1, 0.15) is 0 Å². The highest BCUT2D eigenvalue weighted by atomic mass is 35.5. The Kier molecular flexibility index (Phi) is 4.75. The zero-order valence-electron chi connectivity index (χ0n) is 11.3. The van der Waals surface area contributed by atoms with Crippen LogP contribution in [0.2, 0.25) is 5.02 Å². The lowest BCUT2D eigenvalue weighted by atomic mass is 9.93. The molecule has 0 heterocycles. The molecule has 1 fully saturated rings. The Hall–Kier alpha value is -0.730. The molecule has 1 aromatic carbocycles. The number of hydrogen-bond acceptors (Lipinski definition) is 1. The number of rotatable bonds is 2. The first-order valence-corrected chi connectivity index (χ1v) is 7.49. The largest absolute Gasteiger partial charge is 0.337 e. The number of benzene rings is 1. The zero-order valence-corrected chi connectivity index (χ0v) is 12.8. The van der Waals surface area contributed by atoms with Crippen LogP contribution >= 0.6 is 23.2 Å². The van der Waals surface area contributed by atoms with E-state index in [4.69, 9.17) is 23.2 Å². The lowest BCUT2D eigenvalue weighted by Crippen LogP contribution is -2.44. The molecule has 0 spiro atoms. The third kappa shape index (κ3) is 3.24. The SMILES string of the molecule is Cc1ccc(Cl)cc1C(=O)N(C)C1CCCCC1Cl. The molecule has 1 saturated carbocycles. The van der Waals surface area contributed by atoms with Gasteiger partial charge in [0.2, 0.25) is 0 Å². The Morgan fingerprint density at radius 1 is 1.32 bits per heavy atom. The van der Waals surface area contributed by atoms with E-state index in [1.807, 2.05) is 20.0 Å². The molecule has 0 N–H and O–H groups in total. The molecule has 0 radical (unpaired) electrons. The summed E-state index contributed by atoms with van der Waals surface area (Å²) in [7, 11) is 1.84. The zero-order chi connectivity index (χ0) is 14.0. The van der Waals surface area contributed by atoms with E-state index in [0.29, 0.717) is 10.6 Å². The standard InChI is InChI=1S/C15H19Cl2NO/c1-10-7-8-11(16)9-12(10)15(19)18(2)14-6-4-3-5-13(14)17/h7-9,13-14H,3-6H2,1-2H3. The van der Waals surface area contributed by atoms with Gasteiger partial charge in [-0.1, -0.05) is 30.5 Å². The van der Waals surface area contributed by atoms with Gasteiger partial charge in [-0.25, -0.2) is 0 Å². The van der Waals surface area contributed by atoms with Crippen molar-refractivity contribution in [1.29, 1.82) is 0 Å². The molecule has 2 nitrogen and oxygen atoms in total. The van der Waals surface area contributed by atoms with Crippen molar-refractivity contribution in [3.8, 4) is 0 Å². The monoisotopic (exact) mass is 299 g/mol. The first kappa shape index (κ1) is 14.7. The lowest BCUT2D eigenvalue weighted by molar-refractivity contribution is 0.0699. The van der Waals surface area contributed by atoms with Crippen LogP contribution in [-0.2, 0) is 0 Å². The Morgan fingerprint density at radius 2 is 2.00 bits per heavy atom. The number of nitrogens with zero attached hydrogens (tertiary/aromatic N) is 1. The van der Waals surface area contributed by atoms with Crippen LogP contribution in [0.25, 0.3) is 0 Å². The second-order valence-corrected chi connectivity index (χ2v) is 6.24. The maximum atomic E-state index is 12.6. The molecule has 0 saturated heterocycles. The fourth-order valence-corrected chi connectivity index (χ4v) is 3.29. The molecule has 1 aliphatic rings. The van der Waals surface area contributed by atoms with Crippen molar-refractivity contribution >= 4 is 29.1 Å². The van der Waals surface area contributed by atoms with E-state index >= 15 is 0 Å². The highest BCUT2D eigenvalue weighted by Crippen LogP contribution is 2.28. The minimum atomic E-state index is 0.0116. The second kappa shape index (κ2) is 6.15. The number of carbonyl (C=O) groups is 1. The molecule has 0 aromatic heterocycles. The lowest BCUT2D eigenvalue weighted by Gasteiger charge is -2.35. The van der Waals surface area contributed by atoms with Gasteiger partial charge in [0.25, 0.3) is 5.91 Å². The topological polar surface area (TPSA) is 20.3 Å². The summed E-state index contributed by atoms with van der Waals surface area (Å²) in [4.78, 5) is 14.4. The van der Waals surface area contributed by atoms with Crippen LogP contribution in [0.3, 0.4) is 0 Å². The van der Waals surface area contributed by atoms with Gasteiger partial charge in [-0.2, -0.15) is 0 Å². The van der Waals surface area contributed by atoms with Crippen molar-refractivity contribution < 1.29 is 4.79 Å². The number of amides is 1. The van der Waals surface area contributed by atoms with Gasteiger partial charge in [-0.05, 0) is 37.5 Å². The summed E-state index contributed by atoms with van der Waals surface area (Å²) in [6, 6.07) is 5.55. The quantitative estimate of drug-likeness (QED) is 0.747. The summed E-state index contributed by atoms with van der Waals surface area (Å²) >= 11 is 12.3. The Bertz CT molecular complexity index is 475. The molecule has 0 bridgehead atoms. The molecule has 104 valence electrons. The number of aryl methyl sites for hydroxylation is 1. The third-order valence-corrected chi connectivity index (χ3v) is 4.64. The molecule has 0 aliphatic heterocycles. The van der Waals surface area contributed by atoms with Gasteiger partial charge >= 0.3 is 0 Å². The number of halogens is 2. The van der Waals surface area contributed by atoms with Crippen LogP contribution in [0, 0.1) is 6.92 Å². The third-order valence-electron chi connectivity index (χ3n) is 3.90. The van der Waals surface area contributed by atoms with Crippen molar-refractivity contribution in [2.24, 2.45) is 0 Å². The first-order chi connectivity index (χ1) is 9.00. The van der Waals surface area contributed by atoms with Crippen molar-refractivity contribution in [1.82, 2.24) is 4.90 Å². The molecule has 1 aliphatic carbocycles. The van der Waals surface area contributed by atoms with Gasteiger partial charge in [0, 0.05) is 23.7 Å². The Labute approximate surface area is 124 Å². The molecular weight excluding hydrogens is 281 g/mol. The molecule has 2 atom stereocenters. The Balaban J connectivity index is 2.20. The molecule has 19 heavy (non-hydrogen) atoms. The van der Waals surface area contributed by atoms with Crippen LogP contribution in [-0.4, -0.2) is 29.3 Å². The molecule has 2 unspecified atom stereocenters. The normalized spacial score (nSPS) is 23.2. The summed E-state index contributed by atoms with van der Waals surface area (Å²) in [5.74, 6) is 0.0116.